The van der Waals surface area contributed by atoms with E-state index >= 15 is 0 Å². The van der Waals surface area contributed by atoms with Crippen molar-refractivity contribution in [3.8, 4) is 17.2 Å². The number of carbonyl (C=O) groups is 1. The van der Waals surface area contributed by atoms with Gasteiger partial charge in [0.25, 0.3) is 5.91 Å². The van der Waals surface area contributed by atoms with E-state index in [0.29, 0.717) is 42.3 Å². The number of carbonyl (C=O) groups excluding carboxylic acids is 1. The Labute approximate surface area is 175 Å². The molecule has 1 heterocycles. The van der Waals surface area contributed by atoms with Gasteiger partial charge in [0.2, 0.25) is 0 Å². The largest absolute Gasteiger partial charge is 0.497 e. The molecule has 0 aliphatic carbocycles. The molecule has 0 atom stereocenters. The Morgan fingerprint density at radius 3 is 2.45 bits per heavy atom. The summed E-state index contributed by atoms with van der Waals surface area (Å²) < 4.78 is 16.0. The highest BCUT2D eigenvalue weighted by Crippen LogP contribution is 2.28. The van der Waals surface area contributed by atoms with Gasteiger partial charge in [-0.1, -0.05) is 18.2 Å². The molecule has 0 saturated heterocycles. The first-order chi connectivity index (χ1) is 14.1. The third kappa shape index (κ3) is 5.29. The third-order valence-corrected chi connectivity index (χ3v) is 5.51. The van der Waals surface area contributed by atoms with E-state index in [1.807, 2.05) is 58.8 Å². The summed E-state index contributed by atoms with van der Waals surface area (Å²) in [6, 6.07) is 17.2. The molecule has 0 spiro atoms. The van der Waals surface area contributed by atoms with E-state index in [0.717, 1.165) is 10.4 Å². The monoisotopic (exact) mass is 411 g/mol. The average Bonchev–Trinajstić information content (AvgIpc) is 3.29. The highest BCUT2D eigenvalue weighted by atomic mass is 32.1. The molecule has 2 aromatic carbocycles. The van der Waals surface area contributed by atoms with E-state index in [1.54, 1.807) is 38.7 Å². The second kappa shape index (κ2) is 9.98. The molecule has 1 amide bonds. The van der Waals surface area contributed by atoms with Crippen molar-refractivity contribution in [2.24, 2.45) is 0 Å². The van der Waals surface area contributed by atoms with Gasteiger partial charge in [0, 0.05) is 17.0 Å². The smallest absolute Gasteiger partial charge is 0.254 e. The number of rotatable bonds is 9. The second-order valence-electron chi connectivity index (χ2n) is 6.48. The summed E-state index contributed by atoms with van der Waals surface area (Å²) in [5.41, 5.74) is 1.70. The van der Waals surface area contributed by atoms with Crippen molar-refractivity contribution in [3.05, 3.63) is 76.0 Å². The van der Waals surface area contributed by atoms with Crippen LogP contribution < -0.4 is 14.2 Å². The minimum Gasteiger partial charge on any atom is -0.497 e. The van der Waals surface area contributed by atoms with E-state index < -0.39 is 0 Å². The fourth-order valence-electron chi connectivity index (χ4n) is 3.08. The highest BCUT2D eigenvalue weighted by Gasteiger charge is 2.18. The Balaban J connectivity index is 1.79. The Bertz CT molecular complexity index is 940. The number of ether oxygens (including phenoxy) is 3. The van der Waals surface area contributed by atoms with Gasteiger partial charge in [0.05, 0.1) is 27.9 Å². The van der Waals surface area contributed by atoms with Gasteiger partial charge < -0.3 is 19.1 Å². The molecule has 0 fully saturated rings. The Morgan fingerprint density at radius 1 is 0.931 bits per heavy atom. The van der Waals surface area contributed by atoms with Gasteiger partial charge >= 0.3 is 0 Å². The lowest BCUT2D eigenvalue weighted by atomic mass is 10.1. The Morgan fingerprint density at radius 2 is 1.76 bits per heavy atom. The van der Waals surface area contributed by atoms with Crippen LogP contribution in [0.5, 0.6) is 17.2 Å². The maximum absolute atomic E-state index is 13.2. The fourth-order valence-corrected chi connectivity index (χ4v) is 3.80. The summed E-state index contributed by atoms with van der Waals surface area (Å²) in [5, 5.41) is 2.03. The first-order valence-electron chi connectivity index (χ1n) is 9.31. The van der Waals surface area contributed by atoms with Crippen LogP contribution in [-0.4, -0.2) is 38.7 Å². The van der Waals surface area contributed by atoms with Crippen molar-refractivity contribution in [1.82, 2.24) is 4.90 Å². The zero-order valence-electron chi connectivity index (χ0n) is 16.9. The summed E-state index contributed by atoms with van der Waals surface area (Å²) in [4.78, 5) is 16.2. The van der Waals surface area contributed by atoms with Crippen LogP contribution in [0, 0.1) is 0 Å². The van der Waals surface area contributed by atoms with Crippen LogP contribution in [0.2, 0.25) is 0 Å². The average molecular weight is 412 g/mol. The van der Waals surface area contributed by atoms with Crippen LogP contribution in [-0.2, 0) is 13.0 Å². The van der Waals surface area contributed by atoms with Gasteiger partial charge in [-0.25, -0.2) is 0 Å². The number of nitrogens with zero attached hydrogens (tertiary/aromatic N) is 1. The SMILES string of the molecule is COc1cccc(C(=O)N(CCc2ccc(OC)c(OC)c2)Cc2cccs2)c1. The van der Waals surface area contributed by atoms with E-state index in [-0.39, 0.29) is 5.91 Å². The zero-order chi connectivity index (χ0) is 20.6. The van der Waals surface area contributed by atoms with Crippen molar-refractivity contribution in [1.29, 1.82) is 0 Å². The Hall–Kier alpha value is -2.99. The van der Waals surface area contributed by atoms with E-state index in [1.165, 1.54) is 0 Å². The van der Waals surface area contributed by atoms with Crippen molar-refractivity contribution in [2.45, 2.75) is 13.0 Å². The molecule has 3 aromatic rings. The van der Waals surface area contributed by atoms with Gasteiger partial charge in [0.1, 0.15) is 5.75 Å². The third-order valence-electron chi connectivity index (χ3n) is 4.65. The van der Waals surface area contributed by atoms with Crippen LogP contribution in [0.1, 0.15) is 20.8 Å². The maximum atomic E-state index is 13.2. The van der Waals surface area contributed by atoms with Crippen molar-refractivity contribution in [2.75, 3.05) is 27.9 Å². The minimum atomic E-state index is -0.0159. The lowest BCUT2D eigenvalue weighted by Gasteiger charge is -2.23. The second-order valence-corrected chi connectivity index (χ2v) is 7.51. The standard InChI is InChI=1S/C23H25NO4S/c1-26-19-7-4-6-18(15-19)23(25)24(16-20-8-5-13-29-20)12-11-17-9-10-21(27-2)22(14-17)28-3/h4-10,13-15H,11-12,16H2,1-3H3. The predicted molar refractivity (Wildman–Crippen MR) is 115 cm³/mol. The predicted octanol–water partition coefficient (Wildman–Crippen LogP) is 4.66. The fraction of sp³-hybridized carbons (Fsp3) is 0.261. The quantitative estimate of drug-likeness (QED) is 0.514. The van der Waals surface area contributed by atoms with Crippen molar-refractivity contribution < 1.29 is 19.0 Å². The molecule has 152 valence electrons. The van der Waals surface area contributed by atoms with Gasteiger partial charge in [0.15, 0.2) is 11.5 Å². The lowest BCUT2D eigenvalue weighted by Crippen LogP contribution is -2.32. The summed E-state index contributed by atoms with van der Waals surface area (Å²) >= 11 is 1.65. The van der Waals surface area contributed by atoms with Gasteiger partial charge in [-0.3, -0.25) is 4.79 Å². The van der Waals surface area contributed by atoms with Crippen LogP contribution >= 0.6 is 11.3 Å². The van der Waals surface area contributed by atoms with Gasteiger partial charge in [-0.05, 0) is 53.8 Å². The topological polar surface area (TPSA) is 48.0 Å². The number of benzene rings is 2. The van der Waals surface area contributed by atoms with Gasteiger partial charge in [-0.15, -0.1) is 11.3 Å². The zero-order valence-corrected chi connectivity index (χ0v) is 17.7. The minimum absolute atomic E-state index is 0.0159. The molecule has 5 nitrogen and oxygen atoms in total. The molecular weight excluding hydrogens is 386 g/mol. The molecule has 1 aromatic heterocycles. The van der Waals surface area contributed by atoms with E-state index in [2.05, 4.69) is 0 Å². The molecule has 6 heteroatoms. The normalized spacial score (nSPS) is 10.4. The van der Waals surface area contributed by atoms with Crippen LogP contribution in [0.4, 0.5) is 0 Å². The summed E-state index contributed by atoms with van der Waals surface area (Å²) in [5.74, 6) is 2.04. The number of hydrogen-bond donors (Lipinski definition) is 0. The lowest BCUT2D eigenvalue weighted by molar-refractivity contribution is 0.0746. The molecule has 3 rings (SSSR count). The molecular formula is C23H25NO4S. The van der Waals surface area contributed by atoms with Gasteiger partial charge in [-0.2, -0.15) is 0 Å². The number of hydrogen-bond acceptors (Lipinski definition) is 5. The molecule has 29 heavy (non-hydrogen) atoms. The molecule has 0 saturated carbocycles. The molecule has 0 N–H and O–H groups in total. The van der Waals surface area contributed by atoms with Crippen LogP contribution in [0.25, 0.3) is 0 Å². The van der Waals surface area contributed by atoms with Crippen molar-refractivity contribution >= 4 is 17.2 Å². The first-order valence-corrected chi connectivity index (χ1v) is 10.2. The number of thiophene rings is 1. The Kier molecular flexibility index (Phi) is 7.14. The number of amides is 1. The summed E-state index contributed by atoms with van der Waals surface area (Å²) in [7, 11) is 4.84. The highest BCUT2D eigenvalue weighted by molar-refractivity contribution is 7.09. The molecule has 0 aliphatic rings. The summed E-state index contributed by atoms with van der Waals surface area (Å²) in [6.45, 7) is 1.16. The number of methoxy groups -OCH3 is 3. The van der Waals surface area contributed by atoms with E-state index in [4.69, 9.17) is 14.2 Å². The van der Waals surface area contributed by atoms with Crippen LogP contribution in [0.15, 0.2) is 60.0 Å². The van der Waals surface area contributed by atoms with Crippen LogP contribution in [0.3, 0.4) is 0 Å². The van der Waals surface area contributed by atoms with E-state index in [9.17, 15) is 4.79 Å². The molecule has 0 unspecified atom stereocenters. The summed E-state index contributed by atoms with van der Waals surface area (Å²) in [6.07, 6.45) is 0.710. The van der Waals surface area contributed by atoms with Crippen molar-refractivity contribution in [3.63, 3.8) is 0 Å². The molecule has 0 radical (unpaired) electrons. The molecule has 0 aliphatic heterocycles. The first kappa shape index (κ1) is 20.7. The molecule has 0 bridgehead atoms. The maximum Gasteiger partial charge on any atom is 0.254 e.